The van der Waals surface area contributed by atoms with E-state index in [9.17, 15) is 36.0 Å². The highest BCUT2D eigenvalue weighted by Gasteiger charge is 2.36. The number of halogens is 4. The van der Waals surface area contributed by atoms with Crippen molar-refractivity contribution >= 4 is 49.5 Å². The summed E-state index contributed by atoms with van der Waals surface area (Å²) in [6, 6.07) is 9.14. The van der Waals surface area contributed by atoms with Crippen molar-refractivity contribution in [2.24, 2.45) is 0 Å². The number of hydrogen-bond donors (Lipinski definition) is 1. The van der Waals surface area contributed by atoms with E-state index in [-0.39, 0.29) is 19.4 Å². The van der Waals surface area contributed by atoms with Gasteiger partial charge in [0, 0.05) is 5.56 Å². The molecule has 0 unspecified atom stereocenters. The summed E-state index contributed by atoms with van der Waals surface area (Å²) in [6.07, 6.45) is -5.07. The van der Waals surface area contributed by atoms with Crippen LogP contribution in [0.4, 0.5) is 13.2 Å². The highest BCUT2D eigenvalue weighted by molar-refractivity contribution is 7.94. The Labute approximate surface area is 204 Å². The maximum absolute atomic E-state index is 13.9. The summed E-state index contributed by atoms with van der Waals surface area (Å²) in [5.41, 5.74) is -3.98. The fourth-order valence-corrected chi connectivity index (χ4v) is 6.27. The lowest BCUT2D eigenvalue weighted by molar-refractivity contribution is -0.137. The largest absolute Gasteiger partial charge is 0.418 e. The molecular weight excluding hydrogens is 529 g/mol. The fourth-order valence-electron chi connectivity index (χ4n) is 3.47. The molecule has 2 aromatic heterocycles. The monoisotopic (exact) mass is 542 g/mol. The topological polar surface area (TPSA) is 106 Å². The number of aromatic nitrogens is 2. The van der Waals surface area contributed by atoms with E-state index in [1.54, 1.807) is 13.0 Å². The Balaban J connectivity index is 1.83. The van der Waals surface area contributed by atoms with Gasteiger partial charge in [0.15, 0.2) is 15.6 Å². The van der Waals surface area contributed by atoms with Crippen molar-refractivity contribution in [3.8, 4) is 5.69 Å². The van der Waals surface area contributed by atoms with Crippen molar-refractivity contribution in [2.75, 3.05) is 5.75 Å². The molecule has 0 saturated heterocycles. The lowest BCUT2D eigenvalue weighted by Crippen LogP contribution is -2.35. The summed E-state index contributed by atoms with van der Waals surface area (Å²) in [4.78, 5) is 40.5. The van der Waals surface area contributed by atoms with Crippen LogP contribution in [0.25, 0.3) is 16.6 Å². The minimum Gasteiger partial charge on any atom is -0.306 e. The second-order valence-corrected chi connectivity index (χ2v) is 11.5. The first-order chi connectivity index (χ1) is 16.3. The van der Waals surface area contributed by atoms with E-state index in [1.165, 1.54) is 24.3 Å². The van der Waals surface area contributed by atoms with Crippen molar-refractivity contribution in [2.45, 2.75) is 17.3 Å². The molecule has 0 aliphatic rings. The van der Waals surface area contributed by atoms with Crippen LogP contribution >= 0.6 is 22.9 Å². The average molecular weight is 543 g/mol. The van der Waals surface area contributed by atoms with Gasteiger partial charge in [-0.25, -0.2) is 17.8 Å². The third-order valence-electron chi connectivity index (χ3n) is 5.09. The number of thiophene rings is 1. The molecule has 0 aliphatic heterocycles. The minimum atomic E-state index is -5.07. The Morgan fingerprint density at radius 2 is 1.80 bits per heavy atom. The molecule has 2 aromatic carbocycles. The number of Topliss-reactive ketones (excluding diaryl/α,β-unsaturated/α-hetero) is 1. The van der Waals surface area contributed by atoms with E-state index in [2.05, 4.69) is 4.98 Å². The number of nitrogens with one attached hydrogen (secondary N) is 1. The SMILES string of the molecule is Cc1ccc2c(=O)n(-c3ccc(C(=O)CS(=O)(=O)c4ccc(Cl)s4)cc3C(F)(F)F)c(=O)[nH]c2c1. The van der Waals surface area contributed by atoms with Crippen LogP contribution in [0, 0.1) is 6.92 Å². The van der Waals surface area contributed by atoms with Gasteiger partial charge in [-0.3, -0.25) is 9.59 Å². The smallest absolute Gasteiger partial charge is 0.306 e. The van der Waals surface area contributed by atoms with Crippen molar-refractivity contribution in [3.05, 3.63) is 90.4 Å². The van der Waals surface area contributed by atoms with Gasteiger partial charge in [0.25, 0.3) is 5.56 Å². The third kappa shape index (κ3) is 4.81. The number of ketones is 1. The Morgan fingerprint density at radius 3 is 2.43 bits per heavy atom. The van der Waals surface area contributed by atoms with Gasteiger partial charge < -0.3 is 4.98 Å². The molecular formula is C22H14ClF3N2O5S2. The second kappa shape index (κ2) is 8.77. The van der Waals surface area contributed by atoms with Crippen molar-refractivity contribution in [3.63, 3.8) is 0 Å². The van der Waals surface area contributed by atoms with E-state index in [4.69, 9.17) is 11.6 Å². The summed E-state index contributed by atoms with van der Waals surface area (Å²) >= 11 is 6.44. The van der Waals surface area contributed by atoms with Crippen molar-refractivity contribution < 1.29 is 26.4 Å². The van der Waals surface area contributed by atoms with Gasteiger partial charge in [-0.15, -0.1) is 11.3 Å². The zero-order chi connectivity index (χ0) is 25.7. The molecule has 4 rings (SSSR count). The van der Waals surface area contributed by atoms with Crippen LogP contribution in [-0.4, -0.2) is 29.5 Å². The van der Waals surface area contributed by atoms with Gasteiger partial charge in [0.1, 0.15) is 9.96 Å². The van der Waals surface area contributed by atoms with Crippen LogP contribution in [0.2, 0.25) is 4.34 Å². The Hall–Kier alpha value is -3.22. The van der Waals surface area contributed by atoms with Crippen molar-refractivity contribution in [1.29, 1.82) is 0 Å². The first-order valence-electron chi connectivity index (χ1n) is 9.76. The molecule has 0 amide bonds. The van der Waals surface area contributed by atoms with E-state index in [0.29, 0.717) is 22.0 Å². The van der Waals surface area contributed by atoms with Gasteiger partial charge in [0.05, 0.1) is 26.5 Å². The number of benzene rings is 2. The number of alkyl halides is 3. The highest BCUT2D eigenvalue weighted by Crippen LogP contribution is 2.34. The molecule has 2 heterocycles. The number of carbonyl (C=O) groups excluding carboxylic acids is 1. The minimum absolute atomic E-state index is 0.0100. The number of rotatable bonds is 5. The third-order valence-corrected chi connectivity index (χ3v) is 8.52. The lowest BCUT2D eigenvalue weighted by Gasteiger charge is -2.16. The average Bonchev–Trinajstić information content (AvgIpc) is 3.20. The van der Waals surface area contributed by atoms with Crippen molar-refractivity contribution in [1.82, 2.24) is 9.55 Å². The molecule has 182 valence electrons. The first kappa shape index (κ1) is 24.9. The van der Waals surface area contributed by atoms with Gasteiger partial charge in [-0.05, 0) is 55.0 Å². The molecule has 0 atom stereocenters. The molecule has 0 radical (unpaired) electrons. The summed E-state index contributed by atoms with van der Waals surface area (Å²) in [5, 5.41) is -0.0100. The van der Waals surface area contributed by atoms with Crippen LogP contribution in [0.15, 0.2) is 62.3 Å². The number of aromatic amines is 1. The predicted octanol–water partition coefficient (Wildman–Crippen LogP) is 4.38. The fraction of sp³-hybridized carbons (Fsp3) is 0.136. The molecule has 0 saturated carbocycles. The van der Waals surface area contributed by atoms with Crippen LogP contribution in [0.3, 0.4) is 0 Å². The van der Waals surface area contributed by atoms with Gasteiger partial charge in [-0.1, -0.05) is 17.7 Å². The number of carbonyl (C=O) groups is 1. The summed E-state index contributed by atoms with van der Waals surface area (Å²) in [7, 11) is -4.15. The molecule has 13 heteroatoms. The zero-order valence-electron chi connectivity index (χ0n) is 17.6. The molecule has 0 bridgehead atoms. The highest BCUT2D eigenvalue weighted by atomic mass is 35.5. The number of nitrogens with zero attached hydrogens (tertiary/aromatic N) is 1. The van der Waals surface area contributed by atoms with Gasteiger partial charge in [-0.2, -0.15) is 13.2 Å². The molecule has 0 aliphatic carbocycles. The van der Waals surface area contributed by atoms with Gasteiger partial charge in [0.2, 0.25) is 0 Å². The maximum Gasteiger partial charge on any atom is 0.418 e. The number of sulfone groups is 1. The van der Waals surface area contributed by atoms with Crippen LogP contribution in [-0.2, 0) is 16.0 Å². The maximum atomic E-state index is 13.9. The predicted molar refractivity (Wildman–Crippen MR) is 126 cm³/mol. The van der Waals surface area contributed by atoms with E-state index in [0.717, 1.165) is 17.7 Å². The molecule has 0 fully saturated rings. The van der Waals surface area contributed by atoms with Crippen LogP contribution in [0.5, 0.6) is 0 Å². The lowest BCUT2D eigenvalue weighted by atomic mass is 10.0. The first-order valence-corrected chi connectivity index (χ1v) is 12.6. The zero-order valence-corrected chi connectivity index (χ0v) is 20.0. The number of hydrogen-bond acceptors (Lipinski definition) is 6. The normalized spacial score (nSPS) is 12.3. The second-order valence-electron chi connectivity index (χ2n) is 7.59. The number of H-pyrrole nitrogens is 1. The molecule has 7 nitrogen and oxygen atoms in total. The Morgan fingerprint density at radius 1 is 1.09 bits per heavy atom. The van der Waals surface area contributed by atoms with E-state index >= 15 is 0 Å². The quantitative estimate of drug-likeness (QED) is 0.377. The summed E-state index contributed by atoms with van der Waals surface area (Å²) in [5.74, 6) is -2.18. The molecule has 4 aromatic rings. The molecule has 1 N–H and O–H groups in total. The number of aryl methyl sites for hydroxylation is 1. The Bertz CT molecular complexity index is 1720. The van der Waals surface area contributed by atoms with E-state index < -0.39 is 55.6 Å². The Kier molecular flexibility index (Phi) is 6.24. The number of fused-ring (bicyclic) bond motifs is 1. The summed E-state index contributed by atoms with van der Waals surface area (Å²) in [6.45, 7) is 1.72. The van der Waals surface area contributed by atoms with Crippen LogP contribution < -0.4 is 11.2 Å². The molecule has 35 heavy (non-hydrogen) atoms. The molecule has 0 spiro atoms. The van der Waals surface area contributed by atoms with Gasteiger partial charge >= 0.3 is 11.9 Å². The van der Waals surface area contributed by atoms with E-state index in [1.807, 2.05) is 0 Å². The van der Waals surface area contributed by atoms with Crippen LogP contribution in [0.1, 0.15) is 21.5 Å². The standard InChI is InChI=1S/C22H14ClF3N2O5S2/c1-11-2-4-13-15(8-11)27-21(31)28(20(13)30)16-5-3-12(9-14(16)22(24,25)26)17(29)10-35(32,33)19-7-6-18(23)34-19/h2-9H,10H2,1H3,(H,27,31). The summed E-state index contributed by atoms with van der Waals surface area (Å²) < 4.78 is 67.0.